The van der Waals surface area contributed by atoms with Gasteiger partial charge >= 0.3 is 0 Å². The Hall–Kier alpha value is -0.610. The van der Waals surface area contributed by atoms with Crippen molar-refractivity contribution in [3.63, 3.8) is 0 Å². The molecule has 126 valence electrons. The molecular formula is C18H33N3O. The third-order valence-electron chi connectivity index (χ3n) is 6.28. The number of carbonyl (C=O) groups excluding carboxylic acids is 1. The molecule has 3 fully saturated rings. The van der Waals surface area contributed by atoms with Crippen LogP contribution in [-0.2, 0) is 4.79 Å². The van der Waals surface area contributed by atoms with Crippen LogP contribution in [0.1, 0.15) is 71.1 Å². The second-order valence-electron chi connectivity index (χ2n) is 7.59. The monoisotopic (exact) mass is 307 g/mol. The number of rotatable bonds is 5. The Bertz CT molecular complexity index is 377. The van der Waals surface area contributed by atoms with Gasteiger partial charge in [0.1, 0.15) is 5.54 Å². The molecule has 3 rings (SSSR count). The molecule has 1 saturated carbocycles. The fraction of sp³-hybridized carbons (Fsp3) is 0.944. The summed E-state index contributed by atoms with van der Waals surface area (Å²) < 4.78 is 0. The summed E-state index contributed by atoms with van der Waals surface area (Å²) in [5, 5.41) is 6.36. The molecule has 1 aliphatic carbocycles. The molecule has 2 unspecified atom stereocenters. The Morgan fingerprint density at radius 3 is 2.64 bits per heavy atom. The summed E-state index contributed by atoms with van der Waals surface area (Å²) in [7, 11) is 0. The Balaban J connectivity index is 1.55. The van der Waals surface area contributed by atoms with Crippen LogP contribution in [0.3, 0.4) is 0 Å². The fourth-order valence-electron chi connectivity index (χ4n) is 4.85. The van der Waals surface area contributed by atoms with Gasteiger partial charge in [-0.25, -0.2) is 0 Å². The number of hydrogen-bond acceptors (Lipinski definition) is 3. The van der Waals surface area contributed by atoms with Crippen LogP contribution in [0, 0.1) is 5.92 Å². The third kappa shape index (κ3) is 3.33. The zero-order valence-corrected chi connectivity index (χ0v) is 14.2. The first-order valence-corrected chi connectivity index (χ1v) is 9.52. The molecule has 0 aromatic carbocycles. The Kier molecular flexibility index (Phi) is 5.40. The number of piperidine rings is 1. The van der Waals surface area contributed by atoms with E-state index in [1.807, 2.05) is 0 Å². The van der Waals surface area contributed by atoms with Crippen molar-refractivity contribution >= 4 is 5.91 Å². The summed E-state index contributed by atoms with van der Waals surface area (Å²) in [6, 6.07) is 0.785. The number of carbonyl (C=O) groups is 1. The van der Waals surface area contributed by atoms with Crippen LogP contribution >= 0.6 is 0 Å². The van der Waals surface area contributed by atoms with E-state index in [-0.39, 0.29) is 11.4 Å². The maximum Gasteiger partial charge on any atom is 0.241 e. The lowest BCUT2D eigenvalue weighted by Gasteiger charge is -2.45. The van der Waals surface area contributed by atoms with Crippen molar-refractivity contribution in [1.82, 2.24) is 15.5 Å². The van der Waals surface area contributed by atoms with E-state index < -0.39 is 0 Å². The minimum Gasteiger partial charge on any atom is -0.342 e. The second kappa shape index (κ2) is 7.31. The maximum absolute atomic E-state index is 12.1. The Morgan fingerprint density at radius 2 is 1.95 bits per heavy atom. The predicted octanol–water partition coefficient (Wildman–Crippen LogP) is 2.64. The first-order chi connectivity index (χ1) is 10.7. The molecular weight excluding hydrogens is 274 g/mol. The van der Waals surface area contributed by atoms with Gasteiger partial charge in [-0.3, -0.25) is 15.0 Å². The van der Waals surface area contributed by atoms with Gasteiger partial charge < -0.3 is 5.32 Å². The normalized spacial score (nSPS) is 32.3. The maximum atomic E-state index is 12.1. The van der Waals surface area contributed by atoms with E-state index in [9.17, 15) is 4.79 Å². The van der Waals surface area contributed by atoms with E-state index in [1.165, 1.54) is 51.4 Å². The third-order valence-corrected chi connectivity index (χ3v) is 6.28. The molecule has 4 nitrogen and oxygen atoms in total. The van der Waals surface area contributed by atoms with Crippen molar-refractivity contribution in [2.45, 2.75) is 82.7 Å². The molecule has 2 saturated heterocycles. The lowest BCUT2D eigenvalue weighted by atomic mass is 9.78. The first-order valence-electron chi connectivity index (χ1n) is 9.52. The predicted molar refractivity (Wildman–Crippen MR) is 89.6 cm³/mol. The fourth-order valence-corrected chi connectivity index (χ4v) is 4.85. The van der Waals surface area contributed by atoms with Crippen LogP contribution in [-0.4, -0.2) is 42.1 Å². The van der Waals surface area contributed by atoms with E-state index in [4.69, 9.17) is 0 Å². The highest BCUT2D eigenvalue weighted by molar-refractivity contribution is 5.88. The van der Waals surface area contributed by atoms with Crippen LogP contribution in [0.15, 0.2) is 0 Å². The smallest absolute Gasteiger partial charge is 0.241 e. The van der Waals surface area contributed by atoms with E-state index in [0.29, 0.717) is 6.67 Å². The number of likely N-dealkylation sites (tertiary alicyclic amines) is 1. The number of amides is 1. The number of unbranched alkanes of at least 4 members (excludes halogenated alkanes) is 2. The molecule has 2 atom stereocenters. The highest BCUT2D eigenvalue weighted by atomic mass is 16.2. The van der Waals surface area contributed by atoms with Gasteiger partial charge in [0, 0.05) is 19.1 Å². The minimum atomic E-state index is -0.247. The standard InChI is InChI=1S/C18H33N3O/c1-2-3-4-7-15-8-5-6-9-16(15)21-12-10-18(11-13-21)17(22)19-14-20-18/h15-16,20H,2-14H2,1H3,(H,19,22). The quantitative estimate of drug-likeness (QED) is 0.768. The van der Waals surface area contributed by atoms with Crippen LogP contribution in [0.4, 0.5) is 0 Å². The molecule has 0 bridgehead atoms. The van der Waals surface area contributed by atoms with Crippen LogP contribution in [0.5, 0.6) is 0 Å². The Labute approximate surface area is 135 Å². The van der Waals surface area contributed by atoms with Crippen molar-refractivity contribution < 1.29 is 4.79 Å². The van der Waals surface area contributed by atoms with Crippen molar-refractivity contribution in [2.75, 3.05) is 19.8 Å². The second-order valence-corrected chi connectivity index (χ2v) is 7.59. The van der Waals surface area contributed by atoms with E-state index >= 15 is 0 Å². The zero-order valence-electron chi connectivity index (χ0n) is 14.2. The molecule has 0 aromatic rings. The summed E-state index contributed by atoms with van der Waals surface area (Å²) >= 11 is 0. The largest absolute Gasteiger partial charge is 0.342 e. The first kappa shape index (κ1) is 16.3. The van der Waals surface area contributed by atoms with Gasteiger partial charge in [0.05, 0.1) is 6.67 Å². The van der Waals surface area contributed by atoms with Gasteiger partial charge in [-0.15, -0.1) is 0 Å². The van der Waals surface area contributed by atoms with Gasteiger partial charge in [0.2, 0.25) is 5.91 Å². The van der Waals surface area contributed by atoms with Crippen molar-refractivity contribution in [2.24, 2.45) is 5.92 Å². The number of nitrogens with one attached hydrogen (secondary N) is 2. The van der Waals surface area contributed by atoms with E-state index in [0.717, 1.165) is 37.9 Å². The van der Waals surface area contributed by atoms with Gasteiger partial charge in [0.25, 0.3) is 0 Å². The molecule has 4 heteroatoms. The van der Waals surface area contributed by atoms with Crippen LogP contribution in [0.25, 0.3) is 0 Å². The molecule has 0 radical (unpaired) electrons. The minimum absolute atomic E-state index is 0.232. The molecule has 2 aliphatic heterocycles. The molecule has 22 heavy (non-hydrogen) atoms. The van der Waals surface area contributed by atoms with Crippen molar-refractivity contribution in [3.05, 3.63) is 0 Å². The lowest BCUT2D eigenvalue weighted by molar-refractivity contribution is -0.126. The van der Waals surface area contributed by atoms with E-state index in [2.05, 4.69) is 22.5 Å². The zero-order chi connectivity index (χ0) is 15.4. The average Bonchev–Trinajstić information content (AvgIpc) is 2.90. The summed E-state index contributed by atoms with van der Waals surface area (Å²) in [5.41, 5.74) is -0.247. The summed E-state index contributed by atoms with van der Waals surface area (Å²) in [5.74, 6) is 1.13. The summed E-state index contributed by atoms with van der Waals surface area (Å²) in [6.07, 6.45) is 13.1. The van der Waals surface area contributed by atoms with Gasteiger partial charge in [0.15, 0.2) is 0 Å². The molecule has 1 amide bonds. The molecule has 2 N–H and O–H groups in total. The average molecular weight is 307 g/mol. The molecule has 0 aromatic heterocycles. The highest BCUT2D eigenvalue weighted by Gasteiger charge is 2.45. The Morgan fingerprint density at radius 1 is 1.18 bits per heavy atom. The number of nitrogens with zero attached hydrogens (tertiary/aromatic N) is 1. The summed E-state index contributed by atoms with van der Waals surface area (Å²) in [4.78, 5) is 14.8. The highest BCUT2D eigenvalue weighted by Crippen LogP contribution is 2.35. The molecule has 3 aliphatic rings. The van der Waals surface area contributed by atoms with Crippen LogP contribution in [0.2, 0.25) is 0 Å². The van der Waals surface area contributed by atoms with Gasteiger partial charge in [-0.05, 0) is 38.0 Å². The molecule has 1 spiro atoms. The van der Waals surface area contributed by atoms with Gasteiger partial charge in [-0.1, -0.05) is 39.0 Å². The topological polar surface area (TPSA) is 44.4 Å². The van der Waals surface area contributed by atoms with Crippen LogP contribution < -0.4 is 10.6 Å². The molecule has 2 heterocycles. The van der Waals surface area contributed by atoms with Crippen molar-refractivity contribution in [3.8, 4) is 0 Å². The van der Waals surface area contributed by atoms with Gasteiger partial charge in [-0.2, -0.15) is 0 Å². The lowest BCUT2D eigenvalue weighted by Crippen LogP contribution is -2.57. The summed E-state index contributed by atoms with van der Waals surface area (Å²) in [6.45, 7) is 5.13. The van der Waals surface area contributed by atoms with E-state index in [1.54, 1.807) is 0 Å². The number of hydrogen-bond donors (Lipinski definition) is 2. The van der Waals surface area contributed by atoms with Crippen molar-refractivity contribution in [1.29, 1.82) is 0 Å². The SMILES string of the molecule is CCCCCC1CCCCC1N1CCC2(CC1)NCNC2=O.